The van der Waals surface area contributed by atoms with Crippen molar-refractivity contribution in [3.8, 4) is 18.4 Å². The molecule has 0 aliphatic carbocycles. The maximum absolute atomic E-state index is 8.99. The third-order valence-corrected chi connectivity index (χ3v) is 2.06. The Morgan fingerprint density at radius 3 is 2.73 bits per heavy atom. The molecule has 0 aromatic carbocycles. The fraction of sp³-hybridized carbons (Fsp3) is 0.333. The van der Waals surface area contributed by atoms with Crippen LogP contribution in [0.3, 0.4) is 0 Å². The van der Waals surface area contributed by atoms with Gasteiger partial charge in [0, 0.05) is 5.69 Å². The zero-order chi connectivity index (χ0) is 11.4. The zero-order valence-corrected chi connectivity index (χ0v) is 9.13. The van der Waals surface area contributed by atoms with Gasteiger partial charge >= 0.3 is 0 Å². The summed E-state index contributed by atoms with van der Waals surface area (Å²) < 4.78 is 0. The van der Waals surface area contributed by atoms with Gasteiger partial charge in [-0.1, -0.05) is 5.92 Å². The van der Waals surface area contributed by atoms with E-state index >= 15 is 0 Å². The van der Waals surface area contributed by atoms with Crippen molar-refractivity contribution in [2.24, 2.45) is 0 Å². The molecule has 0 spiro atoms. The monoisotopic (exact) mass is 199 g/mol. The number of aromatic nitrogens is 1. The van der Waals surface area contributed by atoms with Gasteiger partial charge in [0.2, 0.25) is 0 Å². The van der Waals surface area contributed by atoms with Crippen LogP contribution in [0.4, 0.5) is 5.82 Å². The minimum Gasteiger partial charge on any atom is -0.356 e. The molecule has 1 heterocycles. The summed E-state index contributed by atoms with van der Waals surface area (Å²) in [6.45, 7) is 5.62. The largest absolute Gasteiger partial charge is 0.356 e. The summed E-state index contributed by atoms with van der Waals surface area (Å²) in [7, 11) is 0. The predicted molar refractivity (Wildman–Crippen MR) is 60.3 cm³/mol. The molecule has 0 amide bonds. The lowest BCUT2D eigenvalue weighted by Gasteiger charge is -2.12. The van der Waals surface area contributed by atoms with E-state index in [1.165, 1.54) is 0 Å². The summed E-state index contributed by atoms with van der Waals surface area (Å²) in [6.07, 6.45) is 5.26. The van der Waals surface area contributed by atoms with Crippen LogP contribution in [-0.2, 0) is 0 Å². The number of nitrogens with one attached hydrogen (secondary N) is 1. The van der Waals surface area contributed by atoms with E-state index in [0.717, 1.165) is 11.3 Å². The van der Waals surface area contributed by atoms with Crippen molar-refractivity contribution >= 4 is 5.82 Å². The summed E-state index contributed by atoms with van der Waals surface area (Å²) in [4.78, 5) is 4.26. The standard InChI is InChI=1S/C12H13N3/c1-5-9(3)14-12-11(7-13)8(2)6-10(4)15-12/h1,6,9H,2-4H3,(H,14,15). The number of terminal acetylenes is 1. The highest BCUT2D eigenvalue weighted by atomic mass is 15.0. The molecule has 0 bridgehead atoms. The minimum atomic E-state index is -0.134. The molecule has 0 aliphatic rings. The second-order valence-corrected chi connectivity index (χ2v) is 3.45. The molecule has 1 N–H and O–H groups in total. The second-order valence-electron chi connectivity index (χ2n) is 3.45. The van der Waals surface area contributed by atoms with Crippen LogP contribution in [-0.4, -0.2) is 11.0 Å². The molecule has 0 fully saturated rings. The third kappa shape index (κ3) is 2.48. The first-order valence-corrected chi connectivity index (χ1v) is 4.69. The van der Waals surface area contributed by atoms with Crippen LogP contribution in [0.2, 0.25) is 0 Å². The Hall–Kier alpha value is -2.00. The molecular formula is C12H13N3. The van der Waals surface area contributed by atoms with Gasteiger partial charge in [0.15, 0.2) is 0 Å². The maximum atomic E-state index is 8.99. The van der Waals surface area contributed by atoms with Crippen molar-refractivity contribution in [3.63, 3.8) is 0 Å². The topological polar surface area (TPSA) is 48.7 Å². The minimum absolute atomic E-state index is 0.134. The molecule has 1 rings (SSSR count). The van der Waals surface area contributed by atoms with Crippen LogP contribution < -0.4 is 5.32 Å². The number of pyridine rings is 1. The Labute approximate surface area is 90.1 Å². The van der Waals surface area contributed by atoms with Gasteiger partial charge in [0.05, 0.1) is 11.6 Å². The first-order valence-electron chi connectivity index (χ1n) is 4.69. The first-order chi connectivity index (χ1) is 7.08. The molecule has 76 valence electrons. The Bertz CT molecular complexity index is 449. The van der Waals surface area contributed by atoms with Crippen LogP contribution in [0.1, 0.15) is 23.7 Å². The lowest BCUT2D eigenvalue weighted by Crippen LogP contribution is -2.15. The van der Waals surface area contributed by atoms with E-state index in [0.29, 0.717) is 11.4 Å². The smallest absolute Gasteiger partial charge is 0.145 e. The van der Waals surface area contributed by atoms with Gasteiger partial charge in [0.25, 0.3) is 0 Å². The molecule has 0 radical (unpaired) electrons. The predicted octanol–water partition coefficient (Wildman–Crippen LogP) is 2.00. The highest BCUT2D eigenvalue weighted by Gasteiger charge is 2.09. The van der Waals surface area contributed by atoms with E-state index in [-0.39, 0.29) is 6.04 Å². The molecule has 1 aromatic rings. The number of hydrogen-bond donors (Lipinski definition) is 1. The highest BCUT2D eigenvalue weighted by molar-refractivity contribution is 5.57. The van der Waals surface area contributed by atoms with Crippen molar-refractivity contribution < 1.29 is 0 Å². The lowest BCUT2D eigenvalue weighted by molar-refractivity contribution is 0.999. The van der Waals surface area contributed by atoms with E-state index in [9.17, 15) is 0 Å². The molecular weight excluding hydrogens is 186 g/mol. The Balaban J connectivity index is 3.18. The average Bonchev–Trinajstić information content (AvgIpc) is 2.17. The number of anilines is 1. The van der Waals surface area contributed by atoms with Crippen molar-refractivity contribution in [2.75, 3.05) is 5.32 Å². The van der Waals surface area contributed by atoms with Crippen molar-refractivity contribution in [1.29, 1.82) is 5.26 Å². The number of nitriles is 1. The van der Waals surface area contributed by atoms with E-state index in [1.54, 1.807) is 0 Å². The Morgan fingerprint density at radius 2 is 2.20 bits per heavy atom. The van der Waals surface area contributed by atoms with E-state index in [4.69, 9.17) is 11.7 Å². The fourth-order valence-corrected chi connectivity index (χ4v) is 1.33. The number of rotatable bonds is 2. The van der Waals surface area contributed by atoms with Crippen molar-refractivity contribution in [1.82, 2.24) is 4.98 Å². The number of hydrogen-bond acceptors (Lipinski definition) is 3. The van der Waals surface area contributed by atoms with Crippen LogP contribution in [0.5, 0.6) is 0 Å². The lowest BCUT2D eigenvalue weighted by atomic mass is 10.1. The van der Waals surface area contributed by atoms with Gasteiger partial charge in [-0.15, -0.1) is 6.42 Å². The summed E-state index contributed by atoms with van der Waals surface area (Å²) >= 11 is 0. The summed E-state index contributed by atoms with van der Waals surface area (Å²) in [5.41, 5.74) is 2.35. The van der Waals surface area contributed by atoms with Gasteiger partial charge in [-0.3, -0.25) is 0 Å². The molecule has 1 atom stereocenters. The van der Waals surface area contributed by atoms with Crippen molar-refractivity contribution in [2.45, 2.75) is 26.8 Å². The van der Waals surface area contributed by atoms with E-state index in [1.807, 2.05) is 26.8 Å². The highest BCUT2D eigenvalue weighted by Crippen LogP contribution is 2.17. The van der Waals surface area contributed by atoms with Gasteiger partial charge in [-0.05, 0) is 32.4 Å². The average molecular weight is 199 g/mol. The van der Waals surface area contributed by atoms with Gasteiger partial charge in [0.1, 0.15) is 11.9 Å². The molecule has 0 saturated heterocycles. The fourth-order valence-electron chi connectivity index (χ4n) is 1.33. The van der Waals surface area contributed by atoms with E-state index < -0.39 is 0 Å². The summed E-state index contributed by atoms with van der Waals surface area (Å²) in [5, 5.41) is 12.0. The number of nitrogens with zero attached hydrogens (tertiary/aromatic N) is 2. The molecule has 3 nitrogen and oxygen atoms in total. The van der Waals surface area contributed by atoms with Gasteiger partial charge in [-0.25, -0.2) is 4.98 Å². The van der Waals surface area contributed by atoms with E-state index in [2.05, 4.69) is 22.3 Å². The molecule has 0 saturated carbocycles. The summed E-state index contributed by atoms with van der Waals surface area (Å²) in [6, 6.07) is 3.87. The van der Waals surface area contributed by atoms with Crippen LogP contribution in [0, 0.1) is 37.5 Å². The summed E-state index contributed by atoms with van der Waals surface area (Å²) in [5.74, 6) is 3.11. The van der Waals surface area contributed by atoms with Crippen LogP contribution in [0.25, 0.3) is 0 Å². The van der Waals surface area contributed by atoms with Crippen LogP contribution in [0.15, 0.2) is 6.07 Å². The second kappa shape index (κ2) is 4.48. The molecule has 1 aromatic heterocycles. The quantitative estimate of drug-likeness (QED) is 0.741. The zero-order valence-electron chi connectivity index (χ0n) is 9.13. The number of aryl methyl sites for hydroxylation is 2. The third-order valence-electron chi connectivity index (χ3n) is 2.06. The Kier molecular flexibility index (Phi) is 3.31. The molecule has 1 unspecified atom stereocenters. The first kappa shape index (κ1) is 11.1. The Morgan fingerprint density at radius 1 is 1.53 bits per heavy atom. The molecule has 15 heavy (non-hydrogen) atoms. The van der Waals surface area contributed by atoms with Crippen LogP contribution >= 0.6 is 0 Å². The SMILES string of the molecule is C#CC(C)Nc1nc(C)cc(C)c1C#N. The molecule has 3 heteroatoms. The normalized spacial score (nSPS) is 11.3. The van der Waals surface area contributed by atoms with Crippen molar-refractivity contribution in [3.05, 3.63) is 22.9 Å². The van der Waals surface area contributed by atoms with Gasteiger partial charge < -0.3 is 5.32 Å². The molecule has 0 aliphatic heterocycles. The maximum Gasteiger partial charge on any atom is 0.145 e. The van der Waals surface area contributed by atoms with Gasteiger partial charge in [-0.2, -0.15) is 5.26 Å².